The van der Waals surface area contributed by atoms with Crippen molar-refractivity contribution in [1.29, 1.82) is 0 Å². The van der Waals surface area contributed by atoms with Crippen molar-refractivity contribution in [2.45, 2.75) is 80.6 Å². The molecule has 0 aliphatic heterocycles. The molecule has 3 nitrogen and oxygen atoms in total. The summed E-state index contributed by atoms with van der Waals surface area (Å²) in [4.78, 5) is 24.6. The van der Waals surface area contributed by atoms with Crippen molar-refractivity contribution in [3.8, 4) is 0 Å². The predicted molar refractivity (Wildman–Crippen MR) is 121 cm³/mol. The lowest BCUT2D eigenvalue weighted by Crippen LogP contribution is -2.15. The molecule has 0 N–H and O–H groups in total. The number of carbonyl (C=O) groups is 1. The molecule has 1 heterocycles. The zero-order valence-corrected chi connectivity index (χ0v) is 18.8. The summed E-state index contributed by atoms with van der Waals surface area (Å²) < 4.78 is 5.28. The van der Waals surface area contributed by atoms with Gasteiger partial charge in [0.25, 0.3) is 0 Å². The van der Waals surface area contributed by atoms with E-state index in [4.69, 9.17) is 4.42 Å². The van der Waals surface area contributed by atoms with Crippen molar-refractivity contribution < 1.29 is 9.21 Å². The molecule has 1 saturated carbocycles. The van der Waals surface area contributed by atoms with Crippen LogP contribution in [0.15, 0.2) is 45.6 Å². The number of benzene rings is 1. The Hall–Kier alpha value is -2.16. The molecular formula is C25H38O3. The van der Waals surface area contributed by atoms with Crippen LogP contribution in [0.2, 0.25) is 0 Å². The van der Waals surface area contributed by atoms with Crippen LogP contribution in [0, 0.1) is 12.8 Å². The van der Waals surface area contributed by atoms with Crippen molar-refractivity contribution >= 4 is 16.8 Å². The highest BCUT2D eigenvalue weighted by atomic mass is 16.4. The van der Waals surface area contributed by atoms with E-state index in [9.17, 15) is 9.59 Å². The summed E-state index contributed by atoms with van der Waals surface area (Å²) in [5, 5.41) is 0.816. The minimum absolute atomic E-state index is 0.158. The van der Waals surface area contributed by atoms with Gasteiger partial charge in [0.2, 0.25) is 0 Å². The van der Waals surface area contributed by atoms with E-state index >= 15 is 0 Å². The highest BCUT2D eigenvalue weighted by molar-refractivity contribution is 6.07. The van der Waals surface area contributed by atoms with E-state index in [0.717, 1.165) is 18.2 Å². The lowest BCUT2D eigenvalue weighted by Gasteiger charge is -2.17. The number of hydrogen-bond acceptors (Lipinski definition) is 3. The fourth-order valence-corrected chi connectivity index (χ4v) is 3.22. The van der Waals surface area contributed by atoms with Crippen molar-refractivity contribution in [2.24, 2.45) is 5.92 Å². The number of fused-ring (bicyclic) bond motifs is 1. The zero-order chi connectivity index (χ0) is 21.5. The highest BCUT2D eigenvalue weighted by Gasteiger charge is 2.17. The third kappa shape index (κ3) is 7.10. The summed E-state index contributed by atoms with van der Waals surface area (Å²) in [5.74, 6) is 0.216. The van der Waals surface area contributed by atoms with Crippen molar-refractivity contribution in [1.82, 2.24) is 0 Å². The van der Waals surface area contributed by atoms with Gasteiger partial charge in [-0.05, 0) is 43.4 Å². The Morgan fingerprint density at radius 2 is 1.54 bits per heavy atom. The molecule has 0 amide bonds. The fraction of sp³-hybridized carbons (Fsp3) is 0.520. The maximum Gasteiger partial charge on any atom is 0.347 e. The van der Waals surface area contributed by atoms with E-state index in [1.165, 1.54) is 19.3 Å². The van der Waals surface area contributed by atoms with Crippen LogP contribution >= 0.6 is 0 Å². The minimum Gasteiger partial charge on any atom is -0.422 e. The second-order valence-corrected chi connectivity index (χ2v) is 6.01. The molecular weight excluding hydrogens is 348 g/mol. The normalized spacial score (nSPS) is 13.5. The first kappa shape index (κ1) is 25.8. The second-order valence-electron chi connectivity index (χ2n) is 6.01. The molecule has 1 aliphatic carbocycles. The highest BCUT2D eigenvalue weighted by Crippen LogP contribution is 2.25. The lowest BCUT2D eigenvalue weighted by molar-refractivity contribution is 0.104. The number of ketones is 1. The number of rotatable bonds is 3. The van der Waals surface area contributed by atoms with Gasteiger partial charge in [-0.3, -0.25) is 4.79 Å². The summed E-state index contributed by atoms with van der Waals surface area (Å²) >= 11 is 0. The second kappa shape index (κ2) is 14.8. The van der Waals surface area contributed by atoms with Crippen LogP contribution in [0.5, 0.6) is 0 Å². The van der Waals surface area contributed by atoms with Crippen LogP contribution in [0.25, 0.3) is 11.0 Å². The first-order valence-corrected chi connectivity index (χ1v) is 10.9. The van der Waals surface area contributed by atoms with Crippen LogP contribution in [0.3, 0.4) is 0 Å². The van der Waals surface area contributed by atoms with E-state index < -0.39 is 5.63 Å². The molecule has 1 aromatic carbocycles. The maximum atomic E-state index is 12.4. The standard InChI is InChI=1S/C19H20O3.3C2H6/c1-13-15-9-5-6-10-17(15)22-19(21)18(13)16(20)12-11-14-7-3-2-4-8-14;3*1-2/h5-6,9-12,14H,2-4,7-8H2,1H3;3*1-2H3/b12-11+;;;. The molecule has 1 aromatic heterocycles. The lowest BCUT2D eigenvalue weighted by atomic mass is 9.88. The van der Waals surface area contributed by atoms with Crippen LogP contribution in [-0.4, -0.2) is 5.78 Å². The van der Waals surface area contributed by atoms with Crippen molar-refractivity contribution in [3.05, 3.63) is 58.0 Å². The summed E-state index contributed by atoms with van der Waals surface area (Å²) in [6.45, 7) is 13.8. The Bertz CT molecular complexity index is 778. The van der Waals surface area contributed by atoms with E-state index in [-0.39, 0.29) is 11.3 Å². The molecule has 1 aliphatic rings. The van der Waals surface area contributed by atoms with Gasteiger partial charge in [0.05, 0.1) is 0 Å². The molecule has 1 fully saturated rings. The SMILES string of the molecule is CC.CC.CC.Cc1c(C(=O)/C=C/C2CCCCC2)c(=O)oc2ccccc12. The molecule has 3 rings (SSSR count). The fourth-order valence-electron chi connectivity index (χ4n) is 3.22. The van der Waals surface area contributed by atoms with Crippen molar-refractivity contribution in [3.63, 3.8) is 0 Å². The number of para-hydroxylation sites is 1. The maximum absolute atomic E-state index is 12.4. The smallest absolute Gasteiger partial charge is 0.347 e. The molecule has 0 unspecified atom stereocenters. The number of carbonyl (C=O) groups excluding carboxylic acids is 1. The first-order valence-electron chi connectivity index (χ1n) is 10.9. The molecule has 28 heavy (non-hydrogen) atoms. The van der Waals surface area contributed by atoms with Gasteiger partial charge in [-0.15, -0.1) is 0 Å². The summed E-state index contributed by atoms with van der Waals surface area (Å²) in [6.07, 6.45) is 9.52. The Morgan fingerprint density at radius 3 is 2.14 bits per heavy atom. The van der Waals surface area contributed by atoms with Gasteiger partial charge in [-0.2, -0.15) is 0 Å². The summed E-state index contributed by atoms with van der Waals surface area (Å²) in [5.41, 5.74) is 0.836. The Labute approximate surface area is 170 Å². The van der Waals surface area contributed by atoms with Crippen molar-refractivity contribution in [2.75, 3.05) is 0 Å². The Kier molecular flexibility index (Phi) is 13.7. The number of hydrogen-bond donors (Lipinski definition) is 0. The van der Waals surface area contributed by atoms with Gasteiger partial charge < -0.3 is 4.42 Å². The van der Waals surface area contributed by atoms with Crippen LogP contribution in [-0.2, 0) is 0 Å². The minimum atomic E-state index is -0.547. The van der Waals surface area contributed by atoms with Gasteiger partial charge in [-0.25, -0.2) is 4.79 Å². The molecule has 0 saturated heterocycles. The molecule has 0 bridgehead atoms. The molecule has 0 radical (unpaired) electrons. The number of aryl methyl sites for hydroxylation is 1. The van der Waals surface area contributed by atoms with E-state index in [1.807, 2.05) is 65.8 Å². The zero-order valence-electron chi connectivity index (χ0n) is 18.8. The molecule has 0 spiro atoms. The van der Waals surface area contributed by atoms with Crippen LogP contribution < -0.4 is 5.63 Å². The third-order valence-corrected chi connectivity index (χ3v) is 4.49. The molecule has 3 heteroatoms. The predicted octanol–water partition coefficient (Wildman–Crippen LogP) is 7.50. The van der Waals surface area contributed by atoms with E-state index in [0.29, 0.717) is 17.1 Å². The Balaban J connectivity index is 0.00000111. The topological polar surface area (TPSA) is 47.3 Å². The number of allylic oxidation sites excluding steroid dienone is 2. The summed E-state index contributed by atoms with van der Waals surface area (Å²) in [6, 6.07) is 7.31. The van der Waals surface area contributed by atoms with Gasteiger partial charge in [0.1, 0.15) is 11.1 Å². The monoisotopic (exact) mass is 386 g/mol. The average Bonchev–Trinajstić information content (AvgIpc) is 2.77. The van der Waals surface area contributed by atoms with E-state index in [1.54, 1.807) is 19.1 Å². The van der Waals surface area contributed by atoms with Gasteiger partial charge >= 0.3 is 5.63 Å². The summed E-state index contributed by atoms with van der Waals surface area (Å²) in [7, 11) is 0. The van der Waals surface area contributed by atoms with Crippen LogP contribution in [0.1, 0.15) is 89.6 Å². The molecule has 2 aromatic rings. The van der Waals surface area contributed by atoms with E-state index in [2.05, 4.69) is 0 Å². The first-order chi connectivity index (χ1) is 13.7. The van der Waals surface area contributed by atoms with Gasteiger partial charge in [0.15, 0.2) is 5.78 Å². The van der Waals surface area contributed by atoms with Crippen LogP contribution in [0.4, 0.5) is 0 Å². The van der Waals surface area contributed by atoms with Gasteiger partial charge in [0, 0.05) is 5.39 Å². The molecule has 156 valence electrons. The van der Waals surface area contributed by atoms with Gasteiger partial charge in [-0.1, -0.05) is 85.1 Å². The quantitative estimate of drug-likeness (QED) is 0.312. The largest absolute Gasteiger partial charge is 0.422 e. The third-order valence-electron chi connectivity index (χ3n) is 4.49. The Morgan fingerprint density at radius 1 is 0.964 bits per heavy atom. The molecule has 0 atom stereocenters. The average molecular weight is 387 g/mol.